The number of rotatable bonds is 1. The Morgan fingerprint density at radius 1 is 1.44 bits per heavy atom. The van der Waals surface area contributed by atoms with Gasteiger partial charge in [0, 0.05) is 6.54 Å². The van der Waals surface area contributed by atoms with Crippen LogP contribution in [0.5, 0.6) is 0 Å². The molecule has 0 aromatic heterocycles. The Morgan fingerprint density at radius 2 is 2.19 bits per heavy atom. The smallest absolute Gasteiger partial charge is 0.235 e. The van der Waals surface area contributed by atoms with Crippen molar-refractivity contribution in [3.8, 4) is 6.07 Å². The molecule has 0 amide bonds. The monoisotopic (exact) mass is 240 g/mol. The highest BCUT2D eigenvalue weighted by Gasteiger charge is 2.28. The van der Waals surface area contributed by atoms with Gasteiger partial charge in [-0.05, 0) is 24.6 Å². The summed E-state index contributed by atoms with van der Waals surface area (Å²) in [5.74, 6) is -0.533. The maximum atomic E-state index is 13.1. The fraction of sp³-hybridized carbons (Fsp3) is 0.300. The Kier molecular flexibility index (Phi) is 2.56. The number of nitriles is 1. The third-order valence-corrected chi connectivity index (χ3v) is 4.33. The van der Waals surface area contributed by atoms with Gasteiger partial charge in [0.2, 0.25) is 10.0 Å². The zero-order valence-electron chi connectivity index (χ0n) is 8.35. The summed E-state index contributed by atoms with van der Waals surface area (Å²) in [4.78, 5) is 0. The summed E-state index contributed by atoms with van der Waals surface area (Å²) in [6.07, 6.45) is 0.557. The molecule has 0 atom stereocenters. The topological polar surface area (TPSA) is 61.2 Å². The van der Waals surface area contributed by atoms with Crippen LogP contribution in [0.1, 0.15) is 12.0 Å². The lowest BCUT2D eigenvalue weighted by Crippen LogP contribution is -2.25. The van der Waals surface area contributed by atoms with Crippen LogP contribution in [0, 0.1) is 17.1 Å². The normalized spacial score (nSPS) is 18.4. The third-order valence-electron chi connectivity index (χ3n) is 2.46. The molecule has 1 aliphatic heterocycles. The maximum Gasteiger partial charge on any atom is 0.235 e. The van der Waals surface area contributed by atoms with Gasteiger partial charge in [-0.1, -0.05) is 0 Å². The molecule has 1 saturated heterocycles. The van der Waals surface area contributed by atoms with Gasteiger partial charge in [-0.15, -0.1) is 0 Å². The Morgan fingerprint density at radius 3 is 2.75 bits per heavy atom. The summed E-state index contributed by atoms with van der Waals surface area (Å²) in [6, 6.07) is 5.44. The van der Waals surface area contributed by atoms with Gasteiger partial charge in [0.15, 0.2) is 0 Å². The standard InChI is InChI=1S/C10H9FN2O2S/c11-10-3-2-9(6-8(10)7-12)13-4-1-5-16(13,14)15/h2-3,6H,1,4-5H2. The van der Waals surface area contributed by atoms with Crippen LogP contribution < -0.4 is 4.31 Å². The van der Waals surface area contributed by atoms with Crippen LogP contribution in [-0.4, -0.2) is 20.7 Å². The van der Waals surface area contributed by atoms with Gasteiger partial charge in [0.05, 0.1) is 17.0 Å². The van der Waals surface area contributed by atoms with Crippen molar-refractivity contribution in [3.05, 3.63) is 29.6 Å². The van der Waals surface area contributed by atoms with Crippen molar-refractivity contribution in [1.82, 2.24) is 0 Å². The maximum absolute atomic E-state index is 13.1. The Hall–Kier alpha value is -1.61. The molecule has 0 unspecified atom stereocenters. The lowest BCUT2D eigenvalue weighted by molar-refractivity contribution is 0.599. The molecule has 1 heterocycles. The van der Waals surface area contributed by atoms with Crippen LogP contribution in [-0.2, 0) is 10.0 Å². The Labute approximate surface area is 93.0 Å². The van der Waals surface area contributed by atoms with E-state index in [1.165, 1.54) is 16.4 Å². The third kappa shape index (κ3) is 1.74. The minimum Gasteiger partial charge on any atom is -0.270 e. The fourth-order valence-corrected chi connectivity index (χ4v) is 3.24. The molecule has 84 valence electrons. The fourth-order valence-electron chi connectivity index (χ4n) is 1.68. The van der Waals surface area contributed by atoms with E-state index in [9.17, 15) is 12.8 Å². The summed E-state index contributed by atoms with van der Waals surface area (Å²) >= 11 is 0. The molecule has 0 N–H and O–H groups in total. The van der Waals surface area contributed by atoms with Crippen LogP contribution in [0.25, 0.3) is 0 Å². The zero-order chi connectivity index (χ0) is 11.8. The Bertz CT molecular complexity index is 563. The molecule has 0 bridgehead atoms. The first-order chi connectivity index (χ1) is 7.54. The largest absolute Gasteiger partial charge is 0.270 e. The molecule has 0 saturated carbocycles. The molecule has 1 aromatic rings. The van der Waals surface area contributed by atoms with Crippen LogP contribution in [0.4, 0.5) is 10.1 Å². The van der Waals surface area contributed by atoms with Gasteiger partial charge in [-0.25, -0.2) is 12.8 Å². The average Bonchev–Trinajstić information content (AvgIpc) is 2.59. The molecule has 0 spiro atoms. The molecule has 1 aliphatic rings. The summed E-state index contributed by atoms with van der Waals surface area (Å²) in [5.41, 5.74) is 0.218. The SMILES string of the molecule is N#Cc1cc(N2CCCS2(=O)=O)ccc1F. The molecule has 4 nitrogen and oxygen atoms in total. The van der Waals surface area contributed by atoms with E-state index in [4.69, 9.17) is 5.26 Å². The van der Waals surface area contributed by atoms with Gasteiger partial charge in [0.1, 0.15) is 11.9 Å². The number of anilines is 1. The van der Waals surface area contributed by atoms with Crippen molar-refractivity contribution in [2.24, 2.45) is 0 Å². The van der Waals surface area contributed by atoms with Crippen molar-refractivity contribution in [3.63, 3.8) is 0 Å². The highest BCUT2D eigenvalue weighted by molar-refractivity contribution is 7.93. The molecular formula is C10H9FN2O2S. The van der Waals surface area contributed by atoms with E-state index in [1.807, 2.05) is 0 Å². The van der Waals surface area contributed by atoms with Crippen molar-refractivity contribution in [1.29, 1.82) is 5.26 Å². The Balaban J connectivity index is 2.47. The predicted octanol–water partition coefficient (Wildman–Crippen LogP) is 1.24. The van der Waals surface area contributed by atoms with Gasteiger partial charge in [-0.2, -0.15) is 5.26 Å². The van der Waals surface area contributed by atoms with Crippen molar-refractivity contribution < 1.29 is 12.8 Å². The number of benzene rings is 1. The molecule has 16 heavy (non-hydrogen) atoms. The summed E-state index contributed by atoms with van der Waals surface area (Å²) < 4.78 is 37.5. The number of sulfonamides is 1. The van der Waals surface area contributed by atoms with Gasteiger partial charge < -0.3 is 0 Å². The van der Waals surface area contributed by atoms with Crippen LogP contribution in [0.3, 0.4) is 0 Å². The molecule has 1 aromatic carbocycles. The second kappa shape index (κ2) is 3.76. The molecule has 0 radical (unpaired) electrons. The van der Waals surface area contributed by atoms with E-state index in [2.05, 4.69) is 0 Å². The minimum absolute atomic E-state index is 0.103. The first kappa shape index (κ1) is 10.9. The number of nitrogens with zero attached hydrogens (tertiary/aromatic N) is 2. The molecule has 2 rings (SSSR count). The van der Waals surface area contributed by atoms with E-state index in [0.29, 0.717) is 18.7 Å². The van der Waals surface area contributed by atoms with Gasteiger partial charge in [-0.3, -0.25) is 4.31 Å². The first-order valence-corrected chi connectivity index (χ1v) is 6.35. The second-order valence-electron chi connectivity index (χ2n) is 3.52. The number of hydrogen-bond donors (Lipinski definition) is 0. The van der Waals surface area contributed by atoms with E-state index >= 15 is 0 Å². The van der Waals surface area contributed by atoms with Crippen molar-refractivity contribution >= 4 is 15.7 Å². The molecule has 0 aliphatic carbocycles. The summed E-state index contributed by atoms with van der Waals surface area (Å²) in [5, 5.41) is 8.66. The van der Waals surface area contributed by atoms with Gasteiger partial charge in [0.25, 0.3) is 0 Å². The lowest BCUT2D eigenvalue weighted by atomic mass is 10.2. The molecular weight excluding hydrogens is 231 g/mol. The van der Waals surface area contributed by atoms with Crippen LogP contribution in [0.15, 0.2) is 18.2 Å². The summed E-state index contributed by atoms with van der Waals surface area (Å²) in [6.45, 7) is 0.388. The summed E-state index contributed by atoms with van der Waals surface area (Å²) in [7, 11) is -3.28. The minimum atomic E-state index is -3.28. The quantitative estimate of drug-likeness (QED) is 0.742. The first-order valence-electron chi connectivity index (χ1n) is 4.75. The van der Waals surface area contributed by atoms with E-state index < -0.39 is 15.8 Å². The lowest BCUT2D eigenvalue weighted by Gasteiger charge is -2.16. The van der Waals surface area contributed by atoms with Crippen LogP contribution >= 0.6 is 0 Å². The van der Waals surface area contributed by atoms with Crippen LogP contribution in [0.2, 0.25) is 0 Å². The van der Waals surface area contributed by atoms with Gasteiger partial charge >= 0.3 is 0 Å². The average molecular weight is 240 g/mol. The predicted molar refractivity (Wildman–Crippen MR) is 56.9 cm³/mol. The number of halogens is 1. The number of hydrogen-bond acceptors (Lipinski definition) is 3. The molecule has 1 fully saturated rings. The highest BCUT2D eigenvalue weighted by atomic mass is 32.2. The van der Waals surface area contributed by atoms with Crippen molar-refractivity contribution in [2.75, 3.05) is 16.6 Å². The van der Waals surface area contributed by atoms with E-state index in [-0.39, 0.29) is 11.3 Å². The second-order valence-corrected chi connectivity index (χ2v) is 5.53. The van der Waals surface area contributed by atoms with E-state index in [0.717, 1.165) is 6.07 Å². The highest BCUT2D eigenvalue weighted by Crippen LogP contribution is 2.25. The zero-order valence-corrected chi connectivity index (χ0v) is 9.17. The van der Waals surface area contributed by atoms with E-state index in [1.54, 1.807) is 6.07 Å². The van der Waals surface area contributed by atoms with Crippen molar-refractivity contribution in [2.45, 2.75) is 6.42 Å². The molecule has 6 heteroatoms.